The van der Waals surface area contributed by atoms with E-state index in [0.29, 0.717) is 16.7 Å². The molecule has 1 heterocycles. The number of aromatic hydroxyl groups is 1. The Hall–Kier alpha value is -2.50. The Morgan fingerprint density at radius 3 is 2.70 bits per heavy atom. The molecule has 0 unspecified atom stereocenters. The highest BCUT2D eigenvalue weighted by Gasteiger charge is 2.23. The molecule has 1 aromatic heterocycles. The maximum Gasteiger partial charge on any atom is 0.347 e. The van der Waals surface area contributed by atoms with E-state index < -0.39 is 11.5 Å². The lowest BCUT2D eigenvalue weighted by Crippen LogP contribution is -2.26. The zero-order valence-electron chi connectivity index (χ0n) is 11.5. The first kappa shape index (κ1) is 13.9. The number of hydrogen-bond acceptors (Lipinski definition) is 5. The molecule has 0 fully saturated rings. The molecule has 0 saturated heterocycles. The van der Waals surface area contributed by atoms with Crippen LogP contribution in [0.4, 0.5) is 0 Å². The van der Waals surface area contributed by atoms with Crippen LogP contribution < -0.4 is 10.3 Å². The van der Waals surface area contributed by atoms with E-state index in [1.807, 2.05) is 0 Å². The lowest BCUT2D eigenvalue weighted by molar-refractivity contribution is 0.0520. The molecule has 0 radical (unpaired) electrons. The van der Waals surface area contributed by atoms with E-state index in [4.69, 9.17) is 9.47 Å². The van der Waals surface area contributed by atoms with Gasteiger partial charge in [0.05, 0.1) is 19.2 Å². The molecule has 1 N–H and O–H groups in total. The van der Waals surface area contributed by atoms with Gasteiger partial charge in [-0.05, 0) is 19.1 Å². The quantitative estimate of drug-likeness (QED) is 0.859. The smallest absolute Gasteiger partial charge is 0.347 e. The van der Waals surface area contributed by atoms with E-state index in [1.54, 1.807) is 25.1 Å². The monoisotopic (exact) mass is 277 g/mol. The number of aryl methyl sites for hydroxylation is 1. The molecule has 0 atom stereocenters. The van der Waals surface area contributed by atoms with Crippen molar-refractivity contribution in [1.82, 2.24) is 4.57 Å². The molecule has 20 heavy (non-hydrogen) atoms. The van der Waals surface area contributed by atoms with Crippen LogP contribution in [-0.2, 0) is 11.8 Å². The predicted molar refractivity (Wildman–Crippen MR) is 73.4 cm³/mol. The number of carbonyl (C=O) groups excluding carboxylic acids is 1. The highest BCUT2D eigenvalue weighted by Crippen LogP contribution is 2.31. The standard InChI is InChI=1S/C14H15NO5/c1-4-20-14(18)10-12(16)8-6-5-7-9(19-3)11(8)15(2)13(10)17/h5-7,16H,4H2,1-3H3. The Balaban J connectivity index is 2.89. The summed E-state index contributed by atoms with van der Waals surface area (Å²) in [6.07, 6.45) is 0. The first-order valence-electron chi connectivity index (χ1n) is 6.08. The summed E-state index contributed by atoms with van der Waals surface area (Å²) < 4.78 is 11.2. The maximum absolute atomic E-state index is 12.2. The first-order valence-corrected chi connectivity index (χ1v) is 6.08. The third-order valence-corrected chi connectivity index (χ3v) is 3.04. The van der Waals surface area contributed by atoms with E-state index in [9.17, 15) is 14.7 Å². The van der Waals surface area contributed by atoms with Crippen LogP contribution in [0.1, 0.15) is 17.3 Å². The molecule has 106 valence electrons. The van der Waals surface area contributed by atoms with Crippen molar-refractivity contribution in [2.45, 2.75) is 6.92 Å². The minimum absolute atomic E-state index is 0.123. The molecular weight excluding hydrogens is 262 g/mol. The van der Waals surface area contributed by atoms with E-state index in [1.165, 1.54) is 18.7 Å². The molecule has 0 aliphatic heterocycles. The van der Waals surface area contributed by atoms with Gasteiger partial charge in [-0.1, -0.05) is 6.07 Å². The Labute approximate surface area is 115 Å². The summed E-state index contributed by atoms with van der Waals surface area (Å²) in [6, 6.07) is 4.95. The zero-order chi connectivity index (χ0) is 14.9. The SMILES string of the molecule is CCOC(=O)c1c(O)c2cccc(OC)c2n(C)c1=O. The Kier molecular flexibility index (Phi) is 3.65. The molecular formula is C14H15NO5. The number of fused-ring (bicyclic) bond motifs is 1. The van der Waals surface area contributed by atoms with E-state index in [0.717, 1.165) is 0 Å². The third-order valence-electron chi connectivity index (χ3n) is 3.04. The fourth-order valence-electron chi connectivity index (χ4n) is 2.12. The molecule has 0 aliphatic carbocycles. The summed E-state index contributed by atoms with van der Waals surface area (Å²) in [5.41, 5.74) is -0.571. The van der Waals surface area contributed by atoms with Crippen LogP contribution in [-0.4, -0.2) is 29.4 Å². The second-order valence-corrected chi connectivity index (χ2v) is 4.16. The Morgan fingerprint density at radius 1 is 1.40 bits per heavy atom. The molecule has 2 rings (SSSR count). The highest BCUT2D eigenvalue weighted by atomic mass is 16.5. The van der Waals surface area contributed by atoms with Crippen LogP contribution in [0, 0.1) is 0 Å². The van der Waals surface area contributed by atoms with Crippen molar-refractivity contribution in [3.8, 4) is 11.5 Å². The van der Waals surface area contributed by atoms with Gasteiger partial charge in [-0.15, -0.1) is 0 Å². The van der Waals surface area contributed by atoms with Crippen molar-refractivity contribution in [3.63, 3.8) is 0 Å². The maximum atomic E-state index is 12.2. The molecule has 2 aromatic rings. The third kappa shape index (κ3) is 1.99. The number of aromatic nitrogens is 1. The lowest BCUT2D eigenvalue weighted by atomic mass is 10.1. The number of ether oxygens (including phenoxy) is 2. The van der Waals surface area contributed by atoms with Gasteiger partial charge in [0.15, 0.2) is 5.56 Å². The number of carbonyl (C=O) groups is 1. The summed E-state index contributed by atoms with van der Waals surface area (Å²) in [5, 5.41) is 10.6. The zero-order valence-corrected chi connectivity index (χ0v) is 11.5. The fourth-order valence-corrected chi connectivity index (χ4v) is 2.12. The number of nitrogens with zero attached hydrogens (tertiary/aromatic N) is 1. The van der Waals surface area contributed by atoms with Crippen molar-refractivity contribution in [2.24, 2.45) is 7.05 Å². The van der Waals surface area contributed by atoms with E-state index >= 15 is 0 Å². The highest BCUT2D eigenvalue weighted by molar-refractivity contribution is 6.01. The summed E-state index contributed by atoms with van der Waals surface area (Å²) in [5.74, 6) is -0.788. The number of esters is 1. The van der Waals surface area contributed by atoms with Crippen molar-refractivity contribution < 1.29 is 19.4 Å². The van der Waals surface area contributed by atoms with Gasteiger partial charge in [0.2, 0.25) is 0 Å². The molecule has 6 nitrogen and oxygen atoms in total. The van der Waals surface area contributed by atoms with Crippen LogP contribution >= 0.6 is 0 Å². The lowest BCUT2D eigenvalue weighted by Gasteiger charge is -2.13. The van der Waals surface area contributed by atoms with Crippen LogP contribution in [0.5, 0.6) is 11.5 Å². The van der Waals surface area contributed by atoms with Crippen molar-refractivity contribution >= 4 is 16.9 Å². The van der Waals surface area contributed by atoms with Gasteiger partial charge in [-0.3, -0.25) is 4.79 Å². The summed E-state index contributed by atoms with van der Waals surface area (Å²) in [7, 11) is 2.98. The number of methoxy groups -OCH3 is 1. The molecule has 0 aliphatic rings. The van der Waals surface area contributed by atoms with Gasteiger partial charge in [0.25, 0.3) is 5.56 Å². The summed E-state index contributed by atoms with van der Waals surface area (Å²) >= 11 is 0. The van der Waals surface area contributed by atoms with Gasteiger partial charge in [0, 0.05) is 12.4 Å². The van der Waals surface area contributed by atoms with Crippen molar-refractivity contribution in [3.05, 3.63) is 34.1 Å². The van der Waals surface area contributed by atoms with E-state index in [2.05, 4.69) is 0 Å². The predicted octanol–water partition coefficient (Wildman–Crippen LogP) is 1.43. The van der Waals surface area contributed by atoms with Crippen LogP contribution in [0.2, 0.25) is 0 Å². The van der Waals surface area contributed by atoms with Gasteiger partial charge >= 0.3 is 5.97 Å². The number of rotatable bonds is 3. The fraction of sp³-hybridized carbons (Fsp3) is 0.286. The molecule has 6 heteroatoms. The Bertz CT molecular complexity index is 732. The second-order valence-electron chi connectivity index (χ2n) is 4.16. The van der Waals surface area contributed by atoms with E-state index in [-0.39, 0.29) is 17.9 Å². The number of para-hydroxylation sites is 1. The van der Waals surface area contributed by atoms with Gasteiger partial charge in [-0.25, -0.2) is 4.79 Å². The first-order chi connectivity index (χ1) is 9.52. The van der Waals surface area contributed by atoms with Gasteiger partial charge in [0.1, 0.15) is 11.5 Å². The average Bonchev–Trinajstić information content (AvgIpc) is 2.44. The van der Waals surface area contributed by atoms with Crippen molar-refractivity contribution in [1.29, 1.82) is 0 Å². The number of pyridine rings is 1. The second kappa shape index (κ2) is 5.24. The minimum atomic E-state index is -0.838. The Morgan fingerprint density at radius 2 is 2.10 bits per heavy atom. The summed E-state index contributed by atoms with van der Waals surface area (Å²) in [6.45, 7) is 1.75. The normalized spacial score (nSPS) is 10.6. The largest absolute Gasteiger partial charge is 0.506 e. The molecule has 0 saturated carbocycles. The van der Waals surface area contributed by atoms with Gasteiger partial charge < -0.3 is 19.1 Å². The number of benzene rings is 1. The van der Waals surface area contributed by atoms with Crippen molar-refractivity contribution in [2.75, 3.05) is 13.7 Å². The van der Waals surface area contributed by atoms with Crippen LogP contribution in [0.25, 0.3) is 10.9 Å². The van der Waals surface area contributed by atoms with Crippen LogP contribution in [0.3, 0.4) is 0 Å². The summed E-state index contributed by atoms with van der Waals surface area (Å²) in [4.78, 5) is 24.0. The minimum Gasteiger partial charge on any atom is -0.506 e. The van der Waals surface area contributed by atoms with Crippen LogP contribution in [0.15, 0.2) is 23.0 Å². The topological polar surface area (TPSA) is 77.8 Å². The van der Waals surface area contributed by atoms with Gasteiger partial charge in [-0.2, -0.15) is 0 Å². The average molecular weight is 277 g/mol. The molecule has 1 aromatic carbocycles. The number of hydrogen-bond donors (Lipinski definition) is 1. The molecule has 0 spiro atoms. The molecule has 0 bridgehead atoms. The molecule has 0 amide bonds.